The summed E-state index contributed by atoms with van der Waals surface area (Å²) < 4.78 is 39.4. The molecule has 106 valence electrons. The summed E-state index contributed by atoms with van der Waals surface area (Å²) in [4.78, 5) is 10.9. The first-order valence-electron chi connectivity index (χ1n) is 5.54. The molecule has 0 atom stereocenters. The largest absolute Gasteiger partial charge is 0.396 e. The molecular weight excluding hydrogens is 273 g/mol. The molecule has 0 saturated carbocycles. The van der Waals surface area contributed by atoms with E-state index in [0.29, 0.717) is 0 Å². The minimum absolute atomic E-state index is 0.0193. The number of hydrogen-bond acceptors (Lipinski definition) is 4. The van der Waals surface area contributed by atoms with Crippen molar-refractivity contribution in [3.05, 3.63) is 23.5 Å². The van der Waals surface area contributed by atoms with Crippen molar-refractivity contribution >= 4 is 21.6 Å². The van der Waals surface area contributed by atoms with Gasteiger partial charge in [0.15, 0.2) is 0 Å². The third kappa shape index (κ3) is 3.90. The number of carbonyl (C=O) groups is 1. The number of nitrogens with one attached hydrogen (secondary N) is 2. The van der Waals surface area contributed by atoms with E-state index in [4.69, 9.17) is 5.73 Å². The van der Waals surface area contributed by atoms with Crippen LogP contribution in [0.1, 0.15) is 12.0 Å². The summed E-state index contributed by atoms with van der Waals surface area (Å²) in [5.74, 6) is -0.945. The lowest BCUT2D eigenvalue weighted by atomic mass is 10.2. The zero-order chi connectivity index (χ0) is 14.6. The molecule has 0 spiro atoms. The normalized spacial score (nSPS) is 11.3. The molecule has 8 heteroatoms. The lowest BCUT2D eigenvalue weighted by Crippen LogP contribution is -2.29. The summed E-state index contributed by atoms with van der Waals surface area (Å²) in [6, 6.07) is 2.12. The smallest absolute Gasteiger partial charge is 0.240 e. The van der Waals surface area contributed by atoms with E-state index < -0.39 is 15.8 Å². The van der Waals surface area contributed by atoms with Gasteiger partial charge in [0, 0.05) is 20.0 Å². The number of aryl methyl sites for hydroxylation is 1. The zero-order valence-corrected chi connectivity index (χ0v) is 11.5. The standard InChI is InChI=1S/C11H16FN3O3S/c1-7-5-8(12)9(13)6-10(7)19(17,18)15-4-3-11(16)14-2/h5-6,15H,3-4,13H2,1-2H3,(H,14,16). The first-order chi connectivity index (χ1) is 8.77. The van der Waals surface area contributed by atoms with Crippen molar-refractivity contribution in [3.63, 3.8) is 0 Å². The summed E-state index contributed by atoms with van der Waals surface area (Å²) in [5.41, 5.74) is 5.36. The topological polar surface area (TPSA) is 101 Å². The van der Waals surface area contributed by atoms with Crippen LogP contribution in [0.25, 0.3) is 0 Å². The zero-order valence-electron chi connectivity index (χ0n) is 10.7. The first-order valence-corrected chi connectivity index (χ1v) is 7.02. The van der Waals surface area contributed by atoms with Crippen LogP contribution in [0.2, 0.25) is 0 Å². The molecule has 0 heterocycles. The Bertz CT molecular complexity index is 587. The fourth-order valence-corrected chi connectivity index (χ4v) is 2.75. The monoisotopic (exact) mass is 289 g/mol. The number of nitrogens with two attached hydrogens (primary N) is 1. The number of nitrogen functional groups attached to an aromatic ring is 1. The Morgan fingerprint density at radius 1 is 1.42 bits per heavy atom. The predicted molar refractivity (Wildman–Crippen MR) is 69.4 cm³/mol. The Hall–Kier alpha value is -1.67. The highest BCUT2D eigenvalue weighted by Crippen LogP contribution is 2.21. The van der Waals surface area contributed by atoms with Crippen LogP contribution >= 0.6 is 0 Å². The predicted octanol–water partition coefficient (Wildman–Crippen LogP) is 0.131. The lowest BCUT2D eigenvalue weighted by molar-refractivity contribution is -0.120. The third-order valence-electron chi connectivity index (χ3n) is 2.51. The molecular formula is C11H16FN3O3S. The molecule has 19 heavy (non-hydrogen) atoms. The van der Waals surface area contributed by atoms with Gasteiger partial charge in [-0.2, -0.15) is 0 Å². The number of anilines is 1. The van der Waals surface area contributed by atoms with Crippen molar-refractivity contribution in [1.29, 1.82) is 0 Å². The molecule has 1 rings (SSSR count). The second-order valence-electron chi connectivity index (χ2n) is 3.96. The molecule has 0 saturated heterocycles. The van der Waals surface area contributed by atoms with E-state index in [2.05, 4.69) is 10.0 Å². The average Bonchev–Trinajstić information content (AvgIpc) is 2.33. The van der Waals surface area contributed by atoms with Crippen LogP contribution in [0.4, 0.5) is 10.1 Å². The van der Waals surface area contributed by atoms with Crippen LogP contribution in [0.15, 0.2) is 17.0 Å². The highest BCUT2D eigenvalue weighted by molar-refractivity contribution is 7.89. The minimum atomic E-state index is -3.81. The van der Waals surface area contributed by atoms with Crippen LogP contribution < -0.4 is 15.8 Å². The van der Waals surface area contributed by atoms with Gasteiger partial charge in [0.1, 0.15) is 5.82 Å². The summed E-state index contributed by atoms with van der Waals surface area (Å²) in [6.07, 6.45) is 0.0193. The van der Waals surface area contributed by atoms with Crippen LogP contribution in [-0.4, -0.2) is 27.9 Å². The second kappa shape index (κ2) is 5.98. The molecule has 0 aliphatic heterocycles. The second-order valence-corrected chi connectivity index (χ2v) is 5.70. The number of hydrogen-bond donors (Lipinski definition) is 3. The van der Waals surface area contributed by atoms with E-state index in [1.807, 2.05) is 0 Å². The van der Waals surface area contributed by atoms with Gasteiger partial charge in [0.2, 0.25) is 15.9 Å². The molecule has 0 fully saturated rings. The van der Waals surface area contributed by atoms with Crippen LogP contribution in [-0.2, 0) is 14.8 Å². The summed E-state index contributed by atoms with van der Waals surface area (Å²) in [7, 11) is -2.35. The molecule has 1 aromatic carbocycles. The Labute approximate surface area is 111 Å². The van der Waals surface area contributed by atoms with Crippen molar-refractivity contribution in [1.82, 2.24) is 10.0 Å². The van der Waals surface area contributed by atoms with Gasteiger partial charge in [-0.1, -0.05) is 0 Å². The van der Waals surface area contributed by atoms with Gasteiger partial charge < -0.3 is 11.1 Å². The van der Waals surface area contributed by atoms with Crippen molar-refractivity contribution in [3.8, 4) is 0 Å². The van der Waals surface area contributed by atoms with Gasteiger partial charge >= 0.3 is 0 Å². The maximum atomic E-state index is 13.2. The molecule has 0 aliphatic carbocycles. The van der Waals surface area contributed by atoms with Crippen molar-refractivity contribution in [2.45, 2.75) is 18.2 Å². The fourth-order valence-electron chi connectivity index (χ4n) is 1.46. The van der Waals surface area contributed by atoms with Crippen molar-refractivity contribution < 1.29 is 17.6 Å². The molecule has 0 radical (unpaired) electrons. The molecule has 0 unspecified atom stereocenters. The summed E-state index contributed by atoms with van der Waals surface area (Å²) in [6.45, 7) is 1.43. The molecule has 6 nitrogen and oxygen atoms in total. The van der Waals surface area contributed by atoms with E-state index in [1.165, 1.54) is 14.0 Å². The fraction of sp³-hybridized carbons (Fsp3) is 0.364. The maximum Gasteiger partial charge on any atom is 0.240 e. The SMILES string of the molecule is CNC(=O)CCNS(=O)(=O)c1cc(N)c(F)cc1C. The molecule has 1 amide bonds. The quantitative estimate of drug-likeness (QED) is 0.671. The Kier molecular flexibility index (Phi) is 4.84. The van der Waals surface area contributed by atoms with Gasteiger partial charge in [0.25, 0.3) is 0 Å². The van der Waals surface area contributed by atoms with Gasteiger partial charge in [0.05, 0.1) is 10.6 Å². The van der Waals surface area contributed by atoms with Crippen LogP contribution in [0.3, 0.4) is 0 Å². The number of amides is 1. The Morgan fingerprint density at radius 3 is 2.63 bits per heavy atom. The van der Waals surface area contributed by atoms with E-state index >= 15 is 0 Å². The number of rotatable bonds is 5. The number of benzene rings is 1. The number of sulfonamides is 1. The molecule has 1 aromatic rings. The Morgan fingerprint density at radius 2 is 2.05 bits per heavy atom. The Balaban J connectivity index is 2.89. The van der Waals surface area contributed by atoms with Crippen LogP contribution in [0, 0.1) is 12.7 Å². The third-order valence-corrected chi connectivity index (χ3v) is 4.11. The van der Waals surface area contributed by atoms with Gasteiger partial charge in [-0.05, 0) is 24.6 Å². The average molecular weight is 289 g/mol. The van der Waals surface area contributed by atoms with E-state index in [9.17, 15) is 17.6 Å². The van der Waals surface area contributed by atoms with Gasteiger partial charge in [-0.15, -0.1) is 0 Å². The van der Waals surface area contributed by atoms with Gasteiger partial charge in [-0.25, -0.2) is 17.5 Å². The van der Waals surface area contributed by atoms with Crippen molar-refractivity contribution in [2.24, 2.45) is 0 Å². The minimum Gasteiger partial charge on any atom is -0.396 e. The first kappa shape index (κ1) is 15.4. The number of halogens is 1. The molecule has 0 aliphatic rings. The van der Waals surface area contributed by atoms with Gasteiger partial charge in [-0.3, -0.25) is 4.79 Å². The van der Waals surface area contributed by atoms with Crippen molar-refractivity contribution in [2.75, 3.05) is 19.3 Å². The highest BCUT2D eigenvalue weighted by Gasteiger charge is 2.18. The van der Waals surface area contributed by atoms with E-state index in [1.54, 1.807) is 0 Å². The van der Waals surface area contributed by atoms with Crippen LogP contribution in [0.5, 0.6) is 0 Å². The summed E-state index contributed by atoms with van der Waals surface area (Å²) in [5, 5.41) is 2.38. The molecule has 0 aromatic heterocycles. The maximum absolute atomic E-state index is 13.2. The molecule has 0 bridgehead atoms. The molecule has 4 N–H and O–H groups in total. The number of carbonyl (C=O) groups excluding carboxylic acids is 1. The highest BCUT2D eigenvalue weighted by atomic mass is 32.2. The summed E-state index contributed by atoms with van der Waals surface area (Å²) >= 11 is 0. The van der Waals surface area contributed by atoms with E-state index in [-0.39, 0.29) is 35.0 Å². The van der Waals surface area contributed by atoms with E-state index in [0.717, 1.165) is 12.1 Å². The lowest BCUT2D eigenvalue weighted by Gasteiger charge is -2.10.